The van der Waals surface area contributed by atoms with Gasteiger partial charge in [-0.1, -0.05) is 20.8 Å². The van der Waals surface area contributed by atoms with Crippen molar-refractivity contribution in [2.75, 3.05) is 6.54 Å². The highest BCUT2D eigenvalue weighted by Crippen LogP contribution is 2.35. The van der Waals surface area contributed by atoms with E-state index >= 15 is 0 Å². The minimum atomic E-state index is -0.647. The highest BCUT2D eigenvalue weighted by molar-refractivity contribution is 5.92. The van der Waals surface area contributed by atoms with E-state index in [1.807, 2.05) is 6.92 Å². The van der Waals surface area contributed by atoms with Crippen LogP contribution in [0.15, 0.2) is 15.7 Å². The van der Waals surface area contributed by atoms with Crippen molar-refractivity contribution >= 4 is 5.91 Å². The molecule has 1 aliphatic rings. The first kappa shape index (κ1) is 14.6. The van der Waals surface area contributed by atoms with Crippen LogP contribution in [-0.4, -0.2) is 33.4 Å². The number of carbonyl (C=O) groups excluding carboxylic acids is 1. The molecular weight excluding hydrogens is 258 g/mol. The molecule has 0 aromatic carbocycles. The highest BCUT2D eigenvalue weighted by Gasteiger charge is 2.35. The van der Waals surface area contributed by atoms with Crippen LogP contribution in [0.4, 0.5) is 0 Å². The van der Waals surface area contributed by atoms with Crippen molar-refractivity contribution in [1.29, 1.82) is 0 Å². The molecule has 0 aliphatic carbocycles. The molecular formula is C14H21N3O3. The fourth-order valence-corrected chi connectivity index (χ4v) is 2.83. The van der Waals surface area contributed by atoms with E-state index in [1.165, 1.54) is 0 Å². The van der Waals surface area contributed by atoms with Crippen LogP contribution in [0.25, 0.3) is 0 Å². The molecule has 0 unspecified atom stereocenters. The van der Waals surface area contributed by atoms with Gasteiger partial charge in [0, 0.05) is 18.7 Å². The van der Waals surface area contributed by atoms with E-state index in [4.69, 9.17) is 0 Å². The van der Waals surface area contributed by atoms with Gasteiger partial charge in [0.15, 0.2) is 0 Å². The molecule has 2 heterocycles. The quantitative estimate of drug-likeness (QED) is 0.850. The third-order valence-corrected chi connectivity index (χ3v) is 3.98. The molecule has 110 valence electrons. The minimum absolute atomic E-state index is 0.0666. The van der Waals surface area contributed by atoms with Crippen LogP contribution < -0.4 is 11.2 Å². The van der Waals surface area contributed by atoms with Crippen molar-refractivity contribution in [3.8, 4) is 0 Å². The first-order chi connectivity index (χ1) is 9.32. The Hall–Kier alpha value is -1.85. The van der Waals surface area contributed by atoms with Crippen molar-refractivity contribution in [3.05, 3.63) is 32.6 Å². The van der Waals surface area contributed by atoms with Crippen LogP contribution in [0.5, 0.6) is 0 Å². The van der Waals surface area contributed by atoms with E-state index in [1.54, 1.807) is 4.90 Å². The van der Waals surface area contributed by atoms with E-state index in [9.17, 15) is 14.4 Å². The molecule has 6 nitrogen and oxygen atoms in total. The van der Waals surface area contributed by atoms with Gasteiger partial charge in [-0.05, 0) is 24.7 Å². The van der Waals surface area contributed by atoms with E-state index < -0.39 is 11.2 Å². The van der Waals surface area contributed by atoms with Gasteiger partial charge in [0.05, 0.1) is 0 Å². The van der Waals surface area contributed by atoms with Gasteiger partial charge in [0.2, 0.25) is 0 Å². The molecule has 0 spiro atoms. The monoisotopic (exact) mass is 279 g/mol. The largest absolute Gasteiger partial charge is 0.334 e. The second-order valence-electron chi connectivity index (χ2n) is 6.18. The van der Waals surface area contributed by atoms with Gasteiger partial charge in [-0.25, -0.2) is 4.79 Å². The Balaban J connectivity index is 2.28. The van der Waals surface area contributed by atoms with Crippen molar-refractivity contribution in [3.63, 3.8) is 0 Å². The maximum absolute atomic E-state index is 12.5. The molecule has 20 heavy (non-hydrogen) atoms. The Bertz CT molecular complexity index is 586. The first-order valence-corrected chi connectivity index (χ1v) is 6.97. The summed E-state index contributed by atoms with van der Waals surface area (Å²) in [5.41, 5.74) is -0.912. The summed E-state index contributed by atoms with van der Waals surface area (Å²) in [6, 6.07) is 1.30. The molecule has 0 radical (unpaired) electrons. The number of H-pyrrole nitrogens is 2. The van der Waals surface area contributed by atoms with E-state index in [2.05, 4.69) is 23.8 Å². The van der Waals surface area contributed by atoms with Crippen LogP contribution in [0.2, 0.25) is 0 Å². The number of hydrogen-bond acceptors (Lipinski definition) is 3. The number of piperidine rings is 1. The second-order valence-corrected chi connectivity index (χ2v) is 6.18. The molecule has 1 aliphatic heterocycles. The van der Waals surface area contributed by atoms with Gasteiger partial charge >= 0.3 is 5.69 Å². The maximum Gasteiger partial charge on any atom is 0.326 e. The van der Waals surface area contributed by atoms with Crippen molar-refractivity contribution in [2.45, 2.75) is 46.1 Å². The normalized spacial score (nSPS) is 21.8. The SMILES string of the molecule is CC[C@@H]1CC(C)(C)CCN1C(=O)c1cc(=O)[nH]c(=O)[nH]1. The zero-order valence-corrected chi connectivity index (χ0v) is 12.2. The van der Waals surface area contributed by atoms with Crippen molar-refractivity contribution < 1.29 is 4.79 Å². The molecule has 6 heteroatoms. The fourth-order valence-electron chi connectivity index (χ4n) is 2.83. The lowest BCUT2D eigenvalue weighted by molar-refractivity contribution is 0.0421. The molecule has 0 saturated carbocycles. The van der Waals surface area contributed by atoms with Crippen LogP contribution in [0.3, 0.4) is 0 Å². The summed E-state index contributed by atoms with van der Waals surface area (Å²) in [5.74, 6) is -0.268. The summed E-state index contributed by atoms with van der Waals surface area (Å²) in [4.78, 5) is 41.3. The average Bonchev–Trinajstić information content (AvgIpc) is 2.35. The van der Waals surface area contributed by atoms with Gasteiger partial charge in [0.25, 0.3) is 11.5 Å². The summed E-state index contributed by atoms with van der Waals surface area (Å²) >= 11 is 0. The number of nitrogens with one attached hydrogen (secondary N) is 2. The Morgan fingerprint density at radius 3 is 2.70 bits per heavy atom. The summed E-state index contributed by atoms with van der Waals surface area (Å²) in [6.07, 6.45) is 2.72. The number of rotatable bonds is 2. The molecule has 2 N–H and O–H groups in total. The van der Waals surface area contributed by atoms with E-state index in [0.29, 0.717) is 6.54 Å². The van der Waals surface area contributed by atoms with E-state index in [-0.39, 0.29) is 23.1 Å². The van der Waals surface area contributed by atoms with Gasteiger partial charge in [-0.2, -0.15) is 0 Å². The number of carbonyl (C=O) groups is 1. The fraction of sp³-hybridized carbons (Fsp3) is 0.643. The van der Waals surface area contributed by atoms with Crippen LogP contribution in [-0.2, 0) is 0 Å². The topological polar surface area (TPSA) is 86.0 Å². The van der Waals surface area contributed by atoms with Crippen LogP contribution in [0.1, 0.15) is 50.5 Å². The Kier molecular flexibility index (Phi) is 3.83. The predicted octanol–water partition coefficient (Wildman–Crippen LogP) is 1.10. The molecule has 1 fully saturated rings. The van der Waals surface area contributed by atoms with Crippen LogP contribution in [0, 0.1) is 5.41 Å². The van der Waals surface area contributed by atoms with Gasteiger partial charge in [0.1, 0.15) is 5.69 Å². The number of likely N-dealkylation sites (tertiary alicyclic amines) is 1. The maximum atomic E-state index is 12.5. The molecule has 1 saturated heterocycles. The Labute approximate surface area is 117 Å². The predicted molar refractivity (Wildman–Crippen MR) is 75.8 cm³/mol. The summed E-state index contributed by atoms with van der Waals surface area (Å²) in [5, 5.41) is 0. The second kappa shape index (κ2) is 5.26. The number of hydrogen-bond donors (Lipinski definition) is 2. The van der Waals surface area contributed by atoms with Crippen molar-refractivity contribution in [2.24, 2.45) is 5.41 Å². The third-order valence-electron chi connectivity index (χ3n) is 3.98. The molecule has 0 bridgehead atoms. The highest BCUT2D eigenvalue weighted by atomic mass is 16.2. The van der Waals surface area contributed by atoms with Crippen LogP contribution >= 0.6 is 0 Å². The summed E-state index contributed by atoms with van der Waals surface area (Å²) in [7, 11) is 0. The Morgan fingerprint density at radius 2 is 2.10 bits per heavy atom. The first-order valence-electron chi connectivity index (χ1n) is 6.97. The molecule has 1 aromatic heterocycles. The number of amides is 1. The standard InChI is InChI=1S/C14H21N3O3/c1-4-9-8-14(2,3)5-6-17(9)12(19)10-7-11(18)16-13(20)15-10/h7,9H,4-6,8H2,1-3H3,(H2,15,16,18,20)/t9-/m1/s1. The summed E-state index contributed by atoms with van der Waals surface area (Å²) in [6.45, 7) is 7.10. The zero-order chi connectivity index (χ0) is 14.9. The van der Waals surface area contributed by atoms with Crippen molar-refractivity contribution in [1.82, 2.24) is 14.9 Å². The Morgan fingerprint density at radius 1 is 1.40 bits per heavy atom. The smallest absolute Gasteiger partial charge is 0.326 e. The number of aromatic amines is 2. The lowest BCUT2D eigenvalue weighted by Gasteiger charge is -2.43. The number of nitrogens with zero attached hydrogens (tertiary/aromatic N) is 1. The zero-order valence-electron chi connectivity index (χ0n) is 12.2. The average molecular weight is 279 g/mol. The summed E-state index contributed by atoms with van der Waals surface area (Å²) < 4.78 is 0. The van der Waals surface area contributed by atoms with E-state index in [0.717, 1.165) is 25.3 Å². The lowest BCUT2D eigenvalue weighted by atomic mass is 9.78. The molecule has 1 amide bonds. The molecule has 1 aromatic rings. The number of aromatic nitrogens is 2. The van der Waals surface area contributed by atoms with Gasteiger partial charge in [-0.3, -0.25) is 14.6 Å². The van der Waals surface area contributed by atoms with Gasteiger partial charge < -0.3 is 9.88 Å². The van der Waals surface area contributed by atoms with Gasteiger partial charge in [-0.15, -0.1) is 0 Å². The minimum Gasteiger partial charge on any atom is -0.334 e. The molecule has 2 rings (SSSR count). The molecule has 1 atom stereocenters. The lowest BCUT2D eigenvalue weighted by Crippen LogP contribution is -2.48. The third kappa shape index (κ3) is 3.00.